The van der Waals surface area contributed by atoms with Crippen molar-refractivity contribution in [3.63, 3.8) is 0 Å². The van der Waals surface area contributed by atoms with Crippen LogP contribution in [0.15, 0.2) is 182 Å². The molecular weight excluding hydrogens is 731 g/mol. The first-order valence-corrected chi connectivity index (χ1v) is 21.6. The van der Waals surface area contributed by atoms with Gasteiger partial charge in [-0.05, 0) is 126 Å². The Balaban J connectivity index is 1.16. The Labute approximate surface area is 350 Å². The highest BCUT2D eigenvalue weighted by Crippen LogP contribution is 2.53. The van der Waals surface area contributed by atoms with E-state index < -0.39 is 0 Å². The lowest BCUT2D eigenvalue weighted by molar-refractivity contribution is 0.590. The zero-order chi connectivity index (χ0) is 40.0. The van der Waals surface area contributed by atoms with Crippen molar-refractivity contribution in [2.45, 2.75) is 45.4 Å². The Morgan fingerprint density at radius 1 is 0.458 bits per heavy atom. The molecule has 1 aromatic heterocycles. The van der Waals surface area contributed by atoms with Crippen molar-refractivity contribution in [1.82, 2.24) is 0 Å². The van der Waals surface area contributed by atoms with Crippen LogP contribution in [0.2, 0.25) is 0 Å². The number of fused-ring (bicyclic) bond motifs is 8. The molecule has 0 atom stereocenters. The van der Waals surface area contributed by atoms with Crippen LogP contribution in [0.1, 0.15) is 51.3 Å². The van der Waals surface area contributed by atoms with Crippen LogP contribution >= 0.6 is 11.3 Å². The van der Waals surface area contributed by atoms with Crippen molar-refractivity contribution >= 4 is 70.1 Å². The largest absolute Gasteiger partial charge is 0.310 e. The van der Waals surface area contributed by atoms with E-state index in [1.165, 1.54) is 91.8 Å². The molecule has 0 radical (unpaired) electrons. The summed E-state index contributed by atoms with van der Waals surface area (Å²) in [4.78, 5) is 2.51. The first-order chi connectivity index (χ1) is 28.6. The van der Waals surface area contributed by atoms with Gasteiger partial charge in [-0.25, -0.2) is 0 Å². The lowest BCUT2D eigenvalue weighted by Gasteiger charge is -2.30. The molecule has 1 aliphatic carbocycles. The average molecular weight is 776 g/mol. The number of hydrogen-bond donors (Lipinski definition) is 0. The fraction of sp³-hybridized carbons (Fsp3) is 0.123. The maximum atomic E-state index is 2.51. The van der Waals surface area contributed by atoms with Gasteiger partial charge in [-0.2, -0.15) is 0 Å². The second-order valence-corrected chi connectivity index (χ2v) is 18.9. The summed E-state index contributed by atoms with van der Waals surface area (Å²) in [5, 5.41) is 7.66. The van der Waals surface area contributed by atoms with Crippen LogP contribution in [0.25, 0.3) is 75.1 Å². The molecule has 9 aromatic carbocycles. The average Bonchev–Trinajstić information content (AvgIpc) is 3.74. The highest BCUT2D eigenvalue weighted by molar-refractivity contribution is 7.25. The minimum absolute atomic E-state index is 0.110. The number of hydrogen-bond acceptors (Lipinski definition) is 2. The fourth-order valence-electron chi connectivity index (χ4n) is 9.67. The first kappa shape index (κ1) is 35.7. The van der Waals surface area contributed by atoms with Crippen LogP contribution in [0.4, 0.5) is 17.1 Å². The number of thiophene rings is 1. The molecule has 59 heavy (non-hydrogen) atoms. The van der Waals surface area contributed by atoms with E-state index >= 15 is 0 Å². The van der Waals surface area contributed by atoms with E-state index in [4.69, 9.17) is 0 Å². The van der Waals surface area contributed by atoms with Crippen molar-refractivity contribution in [3.8, 4) is 33.4 Å². The van der Waals surface area contributed by atoms with E-state index in [-0.39, 0.29) is 10.8 Å². The van der Waals surface area contributed by atoms with Crippen LogP contribution in [0, 0.1) is 0 Å². The Hall–Kier alpha value is -6.48. The fourth-order valence-corrected chi connectivity index (χ4v) is 10.8. The summed E-state index contributed by atoms with van der Waals surface area (Å²) < 4.78 is 2.62. The summed E-state index contributed by atoms with van der Waals surface area (Å²) in [7, 11) is 0. The molecule has 284 valence electrons. The number of benzene rings is 9. The van der Waals surface area contributed by atoms with Crippen LogP contribution in [0.5, 0.6) is 0 Å². The minimum Gasteiger partial charge on any atom is -0.310 e. The summed E-state index contributed by atoms with van der Waals surface area (Å²) in [5.74, 6) is 0. The molecule has 0 unspecified atom stereocenters. The maximum Gasteiger partial charge on any atom is 0.0546 e. The van der Waals surface area contributed by atoms with Gasteiger partial charge in [-0.1, -0.05) is 162 Å². The summed E-state index contributed by atoms with van der Waals surface area (Å²) in [6.45, 7) is 11.6. The van der Waals surface area contributed by atoms with Crippen molar-refractivity contribution in [3.05, 3.63) is 199 Å². The summed E-state index contributed by atoms with van der Waals surface area (Å²) >= 11 is 1.88. The van der Waals surface area contributed by atoms with Crippen molar-refractivity contribution < 1.29 is 0 Å². The van der Waals surface area contributed by atoms with E-state index in [0.29, 0.717) is 0 Å². The number of rotatable bonds is 5. The molecule has 0 N–H and O–H groups in total. The molecule has 0 bridgehead atoms. The van der Waals surface area contributed by atoms with Crippen molar-refractivity contribution in [2.24, 2.45) is 0 Å². The quantitative estimate of drug-likeness (QED) is 0.168. The van der Waals surface area contributed by atoms with Crippen molar-refractivity contribution in [1.29, 1.82) is 0 Å². The molecule has 0 saturated carbocycles. The van der Waals surface area contributed by atoms with Gasteiger partial charge in [0, 0.05) is 42.5 Å². The molecule has 1 nitrogen and oxygen atoms in total. The number of anilines is 3. The third-order valence-corrected chi connectivity index (χ3v) is 13.9. The highest BCUT2D eigenvalue weighted by atomic mass is 32.1. The molecule has 0 saturated heterocycles. The van der Waals surface area contributed by atoms with E-state index in [9.17, 15) is 0 Å². The SMILES string of the molecule is CC(C)(C)c1ccc(-c2ccc(N(c3ccc4c(c3)-c3cc5ccccc5cc3C4(C)C)c3ccc4ccccc4c3-c3cccc4sc5ccccc5c34)cc2)cc1. The minimum atomic E-state index is -0.119. The molecule has 1 heterocycles. The van der Waals surface area contributed by atoms with Gasteiger partial charge in [0.2, 0.25) is 0 Å². The van der Waals surface area contributed by atoms with Crippen LogP contribution in [0.3, 0.4) is 0 Å². The Morgan fingerprint density at radius 2 is 1.07 bits per heavy atom. The van der Waals surface area contributed by atoms with Gasteiger partial charge in [0.25, 0.3) is 0 Å². The predicted octanol–water partition coefficient (Wildman–Crippen LogP) is 16.8. The number of nitrogens with zero attached hydrogens (tertiary/aromatic N) is 1. The summed E-state index contributed by atoms with van der Waals surface area (Å²) in [5.41, 5.74) is 15.1. The molecule has 10 aromatic rings. The summed E-state index contributed by atoms with van der Waals surface area (Å²) in [6.07, 6.45) is 0. The molecular formula is C57H45NS. The topological polar surface area (TPSA) is 3.24 Å². The standard InChI is InChI=1S/C57H45NS/c1-56(2,3)41-26-21-36(22-27-41)37-23-28-42(29-24-37)58(43-30-31-49-48(35-43)47-33-39-14-6-7-15-40(39)34-50(47)57(49,4)5)51-32-25-38-13-8-9-16-44(38)54(51)46-18-12-20-53-55(46)45-17-10-11-19-52(45)59-53/h6-35H,1-5H3. The Kier molecular flexibility index (Phi) is 8.03. The molecule has 0 spiro atoms. The van der Waals surface area contributed by atoms with Crippen molar-refractivity contribution in [2.75, 3.05) is 4.90 Å². The molecule has 11 rings (SSSR count). The molecule has 0 amide bonds. The van der Waals surface area contributed by atoms with Gasteiger partial charge in [-0.15, -0.1) is 11.3 Å². The molecule has 2 heteroatoms. The van der Waals surface area contributed by atoms with E-state index in [1.54, 1.807) is 0 Å². The summed E-state index contributed by atoms with van der Waals surface area (Å²) in [6, 6.07) is 68.4. The molecule has 1 aliphatic rings. The van der Waals surface area contributed by atoms with Gasteiger partial charge in [0.1, 0.15) is 0 Å². The van der Waals surface area contributed by atoms with Gasteiger partial charge in [0.15, 0.2) is 0 Å². The zero-order valence-electron chi connectivity index (χ0n) is 34.2. The highest BCUT2D eigenvalue weighted by Gasteiger charge is 2.36. The zero-order valence-corrected chi connectivity index (χ0v) is 35.0. The van der Waals surface area contributed by atoms with Crippen LogP contribution in [-0.4, -0.2) is 0 Å². The van der Waals surface area contributed by atoms with Gasteiger partial charge >= 0.3 is 0 Å². The van der Waals surface area contributed by atoms with E-state index in [0.717, 1.165) is 17.1 Å². The maximum absolute atomic E-state index is 2.51. The molecule has 0 aliphatic heterocycles. The normalized spacial score (nSPS) is 13.3. The molecule has 0 fully saturated rings. The monoisotopic (exact) mass is 775 g/mol. The lowest BCUT2D eigenvalue weighted by Crippen LogP contribution is -2.15. The van der Waals surface area contributed by atoms with Gasteiger partial charge < -0.3 is 4.90 Å². The third-order valence-electron chi connectivity index (χ3n) is 12.8. The van der Waals surface area contributed by atoms with Gasteiger partial charge in [-0.3, -0.25) is 0 Å². The van der Waals surface area contributed by atoms with E-state index in [2.05, 4.69) is 222 Å². The Bertz CT molecular complexity index is 3270. The van der Waals surface area contributed by atoms with Crippen LogP contribution in [-0.2, 0) is 10.8 Å². The Morgan fingerprint density at radius 3 is 1.81 bits per heavy atom. The smallest absolute Gasteiger partial charge is 0.0546 e. The second kappa shape index (κ2) is 13.3. The van der Waals surface area contributed by atoms with E-state index in [1.807, 2.05) is 11.3 Å². The van der Waals surface area contributed by atoms with Crippen LogP contribution < -0.4 is 4.90 Å². The predicted molar refractivity (Wildman–Crippen MR) is 256 cm³/mol. The second-order valence-electron chi connectivity index (χ2n) is 17.8. The van der Waals surface area contributed by atoms with Gasteiger partial charge in [0.05, 0.1) is 5.69 Å². The third kappa shape index (κ3) is 5.73. The lowest BCUT2D eigenvalue weighted by atomic mass is 9.82. The first-order valence-electron chi connectivity index (χ1n) is 20.8.